The van der Waals surface area contributed by atoms with Crippen molar-refractivity contribution in [1.29, 1.82) is 0 Å². The highest BCUT2D eigenvalue weighted by Crippen LogP contribution is 2.30. The third-order valence-electron chi connectivity index (χ3n) is 5.12. The Balaban J connectivity index is 1.66. The molecule has 1 atom stereocenters. The summed E-state index contributed by atoms with van der Waals surface area (Å²) in [4.78, 5) is 12.4. The van der Waals surface area contributed by atoms with E-state index in [9.17, 15) is 13.2 Å². The van der Waals surface area contributed by atoms with Crippen molar-refractivity contribution in [2.24, 2.45) is 0 Å². The van der Waals surface area contributed by atoms with Crippen molar-refractivity contribution in [3.63, 3.8) is 0 Å². The van der Waals surface area contributed by atoms with Crippen molar-refractivity contribution in [1.82, 2.24) is 19.1 Å². The number of sulfonamides is 1. The van der Waals surface area contributed by atoms with Crippen LogP contribution in [0.2, 0.25) is 0 Å². The fourth-order valence-electron chi connectivity index (χ4n) is 3.60. The molecule has 31 heavy (non-hydrogen) atoms. The Kier molecular flexibility index (Phi) is 7.95. The predicted octanol–water partition coefficient (Wildman–Crippen LogP) is 2.57. The molecule has 9 nitrogen and oxygen atoms in total. The SMILES string of the molecule is CCCn1c(SCC(=O)Nc2ccc(OC)cc2)nnc1[C@H]1CCCN(S(C)(=O)=O)C1. The van der Waals surface area contributed by atoms with Crippen LogP contribution >= 0.6 is 11.8 Å². The Morgan fingerprint density at radius 3 is 2.68 bits per heavy atom. The predicted molar refractivity (Wildman–Crippen MR) is 121 cm³/mol. The molecule has 1 amide bonds. The van der Waals surface area contributed by atoms with Gasteiger partial charge in [-0.2, -0.15) is 0 Å². The zero-order valence-electron chi connectivity index (χ0n) is 18.1. The summed E-state index contributed by atoms with van der Waals surface area (Å²) < 4.78 is 32.6. The monoisotopic (exact) mass is 467 g/mol. The van der Waals surface area contributed by atoms with Gasteiger partial charge in [0, 0.05) is 31.2 Å². The lowest BCUT2D eigenvalue weighted by Gasteiger charge is -2.30. The molecule has 0 saturated carbocycles. The lowest BCUT2D eigenvalue weighted by atomic mass is 9.99. The second-order valence-corrected chi connectivity index (χ2v) is 10.4. The maximum Gasteiger partial charge on any atom is 0.234 e. The Labute approximate surface area is 187 Å². The maximum absolute atomic E-state index is 12.4. The average Bonchev–Trinajstić information content (AvgIpc) is 3.15. The molecule has 1 aromatic heterocycles. The van der Waals surface area contributed by atoms with Gasteiger partial charge in [0.2, 0.25) is 15.9 Å². The number of methoxy groups -OCH3 is 1. The van der Waals surface area contributed by atoms with Gasteiger partial charge >= 0.3 is 0 Å². The molecule has 0 unspecified atom stereocenters. The first kappa shape index (κ1) is 23.6. The molecule has 0 bridgehead atoms. The summed E-state index contributed by atoms with van der Waals surface area (Å²) in [6, 6.07) is 7.15. The van der Waals surface area contributed by atoms with Gasteiger partial charge in [0.15, 0.2) is 5.16 Å². The van der Waals surface area contributed by atoms with E-state index in [-0.39, 0.29) is 17.6 Å². The van der Waals surface area contributed by atoms with Crippen molar-refractivity contribution < 1.29 is 17.9 Å². The Bertz CT molecular complexity index is 991. The molecule has 1 saturated heterocycles. The molecule has 2 aromatic rings. The van der Waals surface area contributed by atoms with Crippen LogP contribution in [-0.4, -0.2) is 65.6 Å². The summed E-state index contributed by atoms with van der Waals surface area (Å²) in [5.41, 5.74) is 0.699. The van der Waals surface area contributed by atoms with E-state index in [1.54, 1.807) is 31.4 Å². The van der Waals surface area contributed by atoms with Crippen LogP contribution in [0.15, 0.2) is 29.4 Å². The van der Waals surface area contributed by atoms with Crippen LogP contribution < -0.4 is 10.1 Å². The smallest absolute Gasteiger partial charge is 0.234 e. The average molecular weight is 468 g/mol. The number of thioether (sulfide) groups is 1. The standard InChI is InChI=1S/C20H29N5O4S2/c1-4-11-25-19(15-6-5-12-24(13-15)31(3,27)28)22-23-20(25)30-14-18(26)21-16-7-9-17(29-2)10-8-16/h7-10,15H,4-6,11-14H2,1-3H3,(H,21,26)/t15-/m0/s1. The maximum atomic E-state index is 12.4. The largest absolute Gasteiger partial charge is 0.497 e. The number of ether oxygens (including phenoxy) is 1. The fraction of sp³-hybridized carbons (Fsp3) is 0.550. The van der Waals surface area contributed by atoms with Gasteiger partial charge in [0.1, 0.15) is 11.6 Å². The van der Waals surface area contributed by atoms with Gasteiger partial charge in [-0.3, -0.25) is 4.79 Å². The molecule has 0 aliphatic carbocycles. The summed E-state index contributed by atoms with van der Waals surface area (Å²) in [5, 5.41) is 12.2. The van der Waals surface area contributed by atoms with Gasteiger partial charge in [-0.15, -0.1) is 10.2 Å². The van der Waals surface area contributed by atoms with Crippen molar-refractivity contribution in [3.8, 4) is 5.75 Å². The molecule has 1 aliphatic heterocycles. The number of aromatic nitrogens is 3. The molecule has 1 aromatic carbocycles. The van der Waals surface area contributed by atoms with Crippen LogP contribution in [0, 0.1) is 0 Å². The number of benzene rings is 1. The van der Waals surface area contributed by atoms with Crippen LogP contribution in [0.1, 0.15) is 37.9 Å². The van der Waals surface area contributed by atoms with Gasteiger partial charge in [-0.1, -0.05) is 18.7 Å². The van der Waals surface area contributed by atoms with Crippen LogP contribution in [0.5, 0.6) is 5.75 Å². The molecule has 1 N–H and O–H groups in total. The lowest BCUT2D eigenvalue weighted by molar-refractivity contribution is -0.113. The van der Waals surface area contributed by atoms with Crippen molar-refractivity contribution >= 4 is 33.4 Å². The highest BCUT2D eigenvalue weighted by atomic mass is 32.2. The number of amides is 1. The molecule has 170 valence electrons. The van der Waals surface area contributed by atoms with E-state index in [2.05, 4.69) is 22.4 Å². The number of rotatable bonds is 9. The van der Waals surface area contributed by atoms with Crippen molar-refractivity contribution in [2.75, 3.05) is 37.5 Å². The fourth-order valence-corrected chi connectivity index (χ4v) is 5.28. The molecular formula is C20H29N5O4S2. The van der Waals surface area contributed by atoms with E-state index in [1.165, 1.54) is 22.3 Å². The first-order chi connectivity index (χ1) is 14.8. The highest BCUT2D eigenvalue weighted by molar-refractivity contribution is 7.99. The zero-order valence-corrected chi connectivity index (χ0v) is 19.7. The van der Waals surface area contributed by atoms with E-state index in [0.29, 0.717) is 23.9 Å². The first-order valence-electron chi connectivity index (χ1n) is 10.3. The second-order valence-electron chi connectivity index (χ2n) is 7.52. The normalized spacial score (nSPS) is 17.5. The number of carbonyl (C=O) groups is 1. The summed E-state index contributed by atoms with van der Waals surface area (Å²) in [6.07, 6.45) is 3.80. The van der Waals surface area contributed by atoms with E-state index in [0.717, 1.165) is 37.4 Å². The topological polar surface area (TPSA) is 106 Å². The third-order valence-corrected chi connectivity index (χ3v) is 7.35. The quantitative estimate of drug-likeness (QED) is 0.565. The molecular weight excluding hydrogens is 438 g/mol. The van der Waals surface area contributed by atoms with Gasteiger partial charge < -0.3 is 14.6 Å². The number of nitrogens with zero attached hydrogens (tertiary/aromatic N) is 4. The van der Waals surface area contributed by atoms with Gasteiger partial charge in [0.25, 0.3) is 0 Å². The molecule has 11 heteroatoms. The minimum Gasteiger partial charge on any atom is -0.497 e. The van der Waals surface area contributed by atoms with Crippen LogP contribution in [0.25, 0.3) is 0 Å². The lowest BCUT2D eigenvalue weighted by Crippen LogP contribution is -2.39. The Morgan fingerprint density at radius 1 is 1.29 bits per heavy atom. The summed E-state index contributed by atoms with van der Waals surface area (Å²) in [6.45, 7) is 3.76. The number of anilines is 1. The van der Waals surface area contributed by atoms with Gasteiger partial charge in [-0.05, 0) is 43.5 Å². The highest BCUT2D eigenvalue weighted by Gasteiger charge is 2.30. The number of nitrogens with one attached hydrogen (secondary N) is 1. The van der Waals surface area contributed by atoms with Crippen molar-refractivity contribution in [3.05, 3.63) is 30.1 Å². The Morgan fingerprint density at radius 2 is 2.03 bits per heavy atom. The van der Waals surface area contributed by atoms with Crippen LogP contribution in [0.4, 0.5) is 5.69 Å². The first-order valence-corrected chi connectivity index (χ1v) is 13.1. The minimum absolute atomic E-state index is 0.00463. The van der Waals surface area contributed by atoms with E-state index < -0.39 is 10.0 Å². The molecule has 1 fully saturated rings. The van der Waals surface area contributed by atoms with Gasteiger partial charge in [0.05, 0.1) is 19.1 Å². The number of hydrogen-bond donors (Lipinski definition) is 1. The summed E-state index contributed by atoms with van der Waals surface area (Å²) in [7, 11) is -1.64. The number of hydrogen-bond acceptors (Lipinski definition) is 7. The van der Waals surface area contributed by atoms with Crippen LogP contribution in [-0.2, 0) is 21.4 Å². The number of piperidine rings is 1. The molecule has 1 aliphatic rings. The van der Waals surface area contributed by atoms with Gasteiger partial charge in [-0.25, -0.2) is 12.7 Å². The molecule has 3 rings (SSSR count). The summed E-state index contributed by atoms with van der Waals surface area (Å²) >= 11 is 1.33. The Hall–Kier alpha value is -2.11. The second kappa shape index (κ2) is 10.5. The third kappa shape index (κ3) is 6.20. The van der Waals surface area contributed by atoms with E-state index in [1.807, 2.05) is 4.57 Å². The number of carbonyl (C=O) groups excluding carboxylic acids is 1. The minimum atomic E-state index is -3.23. The molecule has 0 radical (unpaired) electrons. The van der Waals surface area contributed by atoms with E-state index >= 15 is 0 Å². The zero-order chi connectivity index (χ0) is 22.4. The summed E-state index contributed by atoms with van der Waals surface area (Å²) in [5.74, 6) is 1.60. The van der Waals surface area contributed by atoms with E-state index in [4.69, 9.17) is 4.74 Å². The van der Waals surface area contributed by atoms with Crippen LogP contribution in [0.3, 0.4) is 0 Å². The molecule has 2 heterocycles. The van der Waals surface area contributed by atoms with Crippen molar-refractivity contribution in [2.45, 2.75) is 43.8 Å². The molecule has 0 spiro atoms.